The molecule has 2 aromatic carbocycles. The van der Waals surface area contributed by atoms with Crippen molar-refractivity contribution in [3.63, 3.8) is 0 Å². The summed E-state index contributed by atoms with van der Waals surface area (Å²) in [5, 5.41) is 8.87. The zero-order valence-electron chi connectivity index (χ0n) is 11.3. The zero-order valence-corrected chi connectivity index (χ0v) is 11.3. The number of amides is 1. The average Bonchev–Trinajstić information content (AvgIpc) is 2.41. The Morgan fingerprint density at radius 1 is 1.20 bits per heavy atom. The van der Waals surface area contributed by atoms with Crippen molar-refractivity contribution in [3.8, 4) is 11.5 Å². The quantitative estimate of drug-likeness (QED) is 0.877. The van der Waals surface area contributed by atoms with E-state index in [1.54, 1.807) is 24.3 Å². The molecule has 0 aliphatic carbocycles. The summed E-state index contributed by atoms with van der Waals surface area (Å²) in [5.41, 5.74) is 7.71. The van der Waals surface area contributed by atoms with Gasteiger partial charge in [-0.2, -0.15) is 0 Å². The summed E-state index contributed by atoms with van der Waals surface area (Å²) in [7, 11) is 0. The summed E-state index contributed by atoms with van der Waals surface area (Å²) in [6.07, 6.45) is 0.608. The molecule has 4 heteroatoms. The Kier molecular flexibility index (Phi) is 4.38. The van der Waals surface area contributed by atoms with Crippen molar-refractivity contribution < 1.29 is 14.6 Å². The molecule has 20 heavy (non-hydrogen) atoms. The number of nitrogens with two attached hydrogens (primary N) is 1. The van der Waals surface area contributed by atoms with E-state index >= 15 is 0 Å². The van der Waals surface area contributed by atoms with E-state index in [1.165, 1.54) is 0 Å². The monoisotopic (exact) mass is 271 g/mol. The molecule has 0 bridgehead atoms. The van der Waals surface area contributed by atoms with Crippen molar-refractivity contribution in [3.05, 3.63) is 59.2 Å². The van der Waals surface area contributed by atoms with Gasteiger partial charge in [0.05, 0.1) is 5.56 Å². The van der Waals surface area contributed by atoms with Crippen molar-refractivity contribution in [2.75, 3.05) is 6.61 Å². The van der Waals surface area contributed by atoms with Crippen LogP contribution in [0.15, 0.2) is 42.5 Å². The molecule has 0 saturated carbocycles. The Bertz CT molecular complexity index is 606. The van der Waals surface area contributed by atoms with Crippen LogP contribution in [0.2, 0.25) is 0 Å². The molecule has 0 unspecified atom stereocenters. The molecule has 104 valence electrons. The second kappa shape index (κ2) is 6.21. The van der Waals surface area contributed by atoms with Crippen LogP contribution in [0.5, 0.6) is 11.5 Å². The van der Waals surface area contributed by atoms with Crippen LogP contribution in [-0.2, 0) is 6.42 Å². The zero-order chi connectivity index (χ0) is 14.5. The summed E-state index contributed by atoms with van der Waals surface area (Å²) in [4.78, 5) is 11.4. The third-order valence-electron chi connectivity index (χ3n) is 2.95. The predicted molar refractivity (Wildman–Crippen MR) is 77.0 cm³/mol. The first-order valence-corrected chi connectivity index (χ1v) is 6.38. The maximum absolute atomic E-state index is 11.4. The number of hydrogen-bond acceptors (Lipinski definition) is 3. The Hall–Kier alpha value is -2.33. The third-order valence-corrected chi connectivity index (χ3v) is 2.95. The highest BCUT2D eigenvalue weighted by Gasteiger charge is 2.10. The standard InChI is InChI=1S/C16H17NO3/c1-11-2-7-14(16(17)19)15(10-11)20-13-5-3-12(4-6-13)8-9-18/h2-7,10,18H,8-9H2,1H3,(H2,17,19). The molecule has 3 N–H and O–H groups in total. The number of carbonyl (C=O) groups excluding carboxylic acids is 1. The number of aryl methyl sites for hydroxylation is 1. The molecule has 0 fully saturated rings. The van der Waals surface area contributed by atoms with Gasteiger partial charge in [-0.3, -0.25) is 4.79 Å². The van der Waals surface area contributed by atoms with Crippen LogP contribution in [0.1, 0.15) is 21.5 Å². The van der Waals surface area contributed by atoms with Gasteiger partial charge in [0, 0.05) is 6.61 Å². The number of rotatable bonds is 5. The summed E-state index contributed by atoms with van der Waals surface area (Å²) in [5.74, 6) is 0.559. The minimum Gasteiger partial charge on any atom is -0.457 e. The number of carbonyl (C=O) groups is 1. The van der Waals surface area contributed by atoms with Crippen LogP contribution < -0.4 is 10.5 Å². The Morgan fingerprint density at radius 2 is 1.90 bits per heavy atom. The van der Waals surface area contributed by atoms with Crippen LogP contribution in [0, 0.1) is 6.92 Å². The summed E-state index contributed by atoms with van der Waals surface area (Å²) >= 11 is 0. The molecule has 0 atom stereocenters. The van der Waals surface area contributed by atoms with Crippen LogP contribution >= 0.6 is 0 Å². The molecule has 2 aromatic rings. The lowest BCUT2D eigenvalue weighted by atomic mass is 10.1. The fourth-order valence-corrected chi connectivity index (χ4v) is 1.90. The van der Waals surface area contributed by atoms with E-state index in [4.69, 9.17) is 15.6 Å². The van der Waals surface area contributed by atoms with Crippen molar-refractivity contribution in [1.29, 1.82) is 0 Å². The molecule has 0 radical (unpaired) electrons. The Morgan fingerprint density at radius 3 is 2.50 bits per heavy atom. The number of ether oxygens (including phenoxy) is 1. The average molecular weight is 271 g/mol. The number of aliphatic hydroxyl groups is 1. The molecule has 4 nitrogen and oxygen atoms in total. The molecule has 2 rings (SSSR count). The van der Waals surface area contributed by atoms with Gasteiger partial charge in [0.15, 0.2) is 0 Å². The smallest absolute Gasteiger partial charge is 0.252 e. The number of aliphatic hydroxyl groups excluding tert-OH is 1. The lowest BCUT2D eigenvalue weighted by Gasteiger charge is -2.10. The van der Waals surface area contributed by atoms with Gasteiger partial charge in [-0.15, -0.1) is 0 Å². The topological polar surface area (TPSA) is 72.6 Å². The van der Waals surface area contributed by atoms with Gasteiger partial charge in [-0.05, 0) is 48.7 Å². The maximum Gasteiger partial charge on any atom is 0.252 e. The van der Waals surface area contributed by atoms with Crippen LogP contribution in [0.25, 0.3) is 0 Å². The van der Waals surface area contributed by atoms with E-state index in [-0.39, 0.29) is 6.61 Å². The molecular formula is C16H17NO3. The number of hydrogen-bond donors (Lipinski definition) is 2. The molecule has 0 heterocycles. The summed E-state index contributed by atoms with van der Waals surface area (Å²) in [6.45, 7) is 2.03. The van der Waals surface area contributed by atoms with Crippen molar-refractivity contribution in [1.82, 2.24) is 0 Å². The van der Waals surface area contributed by atoms with E-state index in [0.29, 0.717) is 23.5 Å². The van der Waals surface area contributed by atoms with Gasteiger partial charge < -0.3 is 15.6 Å². The van der Waals surface area contributed by atoms with Gasteiger partial charge >= 0.3 is 0 Å². The number of benzene rings is 2. The molecule has 0 aromatic heterocycles. The molecule has 0 aliphatic heterocycles. The lowest BCUT2D eigenvalue weighted by Crippen LogP contribution is -2.12. The second-order valence-corrected chi connectivity index (χ2v) is 4.58. The van der Waals surface area contributed by atoms with Crippen molar-refractivity contribution in [2.45, 2.75) is 13.3 Å². The molecule has 1 amide bonds. The fraction of sp³-hybridized carbons (Fsp3) is 0.188. The highest BCUT2D eigenvalue weighted by Crippen LogP contribution is 2.26. The Balaban J connectivity index is 2.25. The van der Waals surface area contributed by atoms with E-state index in [2.05, 4.69) is 0 Å². The van der Waals surface area contributed by atoms with Gasteiger partial charge in [0.1, 0.15) is 11.5 Å². The third kappa shape index (κ3) is 3.36. The lowest BCUT2D eigenvalue weighted by molar-refractivity contribution is 0.0998. The first-order valence-electron chi connectivity index (χ1n) is 6.38. The van der Waals surface area contributed by atoms with Gasteiger partial charge in [0.25, 0.3) is 5.91 Å². The van der Waals surface area contributed by atoms with Crippen LogP contribution in [0.4, 0.5) is 0 Å². The van der Waals surface area contributed by atoms with E-state index in [9.17, 15) is 4.79 Å². The van der Waals surface area contributed by atoms with Crippen LogP contribution in [0.3, 0.4) is 0 Å². The van der Waals surface area contributed by atoms with E-state index < -0.39 is 5.91 Å². The minimum atomic E-state index is -0.517. The molecule has 0 saturated heterocycles. The SMILES string of the molecule is Cc1ccc(C(N)=O)c(Oc2ccc(CCO)cc2)c1. The summed E-state index contributed by atoms with van der Waals surface area (Å²) in [6, 6.07) is 12.6. The van der Waals surface area contributed by atoms with E-state index in [0.717, 1.165) is 11.1 Å². The molecular weight excluding hydrogens is 254 g/mol. The largest absolute Gasteiger partial charge is 0.457 e. The Labute approximate surface area is 117 Å². The minimum absolute atomic E-state index is 0.115. The fourth-order valence-electron chi connectivity index (χ4n) is 1.90. The summed E-state index contributed by atoms with van der Waals surface area (Å²) < 4.78 is 5.72. The second-order valence-electron chi connectivity index (χ2n) is 4.58. The van der Waals surface area contributed by atoms with Crippen molar-refractivity contribution in [2.24, 2.45) is 5.73 Å². The van der Waals surface area contributed by atoms with Gasteiger partial charge in [-0.25, -0.2) is 0 Å². The highest BCUT2D eigenvalue weighted by atomic mass is 16.5. The van der Waals surface area contributed by atoms with Crippen molar-refractivity contribution >= 4 is 5.91 Å². The van der Waals surface area contributed by atoms with E-state index in [1.807, 2.05) is 25.1 Å². The number of primary amides is 1. The van der Waals surface area contributed by atoms with Crippen LogP contribution in [-0.4, -0.2) is 17.6 Å². The first-order chi connectivity index (χ1) is 9.60. The highest BCUT2D eigenvalue weighted by molar-refractivity contribution is 5.95. The molecule has 0 aliphatic rings. The molecule has 0 spiro atoms. The van der Waals surface area contributed by atoms with Gasteiger partial charge in [-0.1, -0.05) is 18.2 Å². The normalized spacial score (nSPS) is 10.3. The predicted octanol–water partition coefficient (Wildman–Crippen LogP) is 2.42. The van der Waals surface area contributed by atoms with Gasteiger partial charge in [0.2, 0.25) is 0 Å². The maximum atomic E-state index is 11.4. The first kappa shape index (κ1) is 14.1.